The highest BCUT2D eigenvalue weighted by Gasteiger charge is 2.35. The van der Waals surface area contributed by atoms with Crippen LogP contribution in [0.25, 0.3) is 0 Å². The van der Waals surface area contributed by atoms with Crippen molar-refractivity contribution in [1.29, 1.82) is 0 Å². The average Bonchev–Trinajstić information content (AvgIpc) is 2.74. The summed E-state index contributed by atoms with van der Waals surface area (Å²) in [4.78, 5) is 3.62. The molecule has 1 atom stereocenters. The minimum Gasteiger partial charge on any atom is -0.382 e. The van der Waals surface area contributed by atoms with Gasteiger partial charge in [-0.3, -0.25) is 9.67 Å². The van der Waals surface area contributed by atoms with Crippen LogP contribution < -0.4 is 0 Å². The van der Waals surface area contributed by atoms with Crippen LogP contribution in [-0.2, 0) is 13.2 Å². The van der Waals surface area contributed by atoms with Crippen molar-refractivity contribution in [2.75, 3.05) is 0 Å². The largest absolute Gasteiger partial charge is 0.416 e. The third-order valence-electron chi connectivity index (χ3n) is 2.47. The Morgan fingerprint density at radius 3 is 2.61 bits per heavy atom. The number of hydrogen-bond donors (Lipinski definition) is 1. The van der Waals surface area contributed by atoms with Gasteiger partial charge in [0.2, 0.25) is 0 Å². The monoisotopic (exact) mass is 257 g/mol. The van der Waals surface area contributed by atoms with Crippen LogP contribution in [0.3, 0.4) is 0 Å². The van der Waals surface area contributed by atoms with Gasteiger partial charge < -0.3 is 5.11 Å². The van der Waals surface area contributed by atoms with E-state index in [0.717, 1.165) is 18.5 Å². The number of aromatic nitrogens is 3. The molecule has 1 unspecified atom stereocenters. The Kier molecular flexibility index (Phi) is 3.08. The van der Waals surface area contributed by atoms with Crippen molar-refractivity contribution in [3.05, 3.63) is 47.5 Å². The predicted octanol–water partition coefficient (Wildman–Crippen LogP) is 1.92. The Bertz CT molecular complexity index is 550. The van der Waals surface area contributed by atoms with Gasteiger partial charge in [-0.2, -0.15) is 18.3 Å². The first-order chi connectivity index (χ1) is 8.39. The zero-order chi connectivity index (χ0) is 13.3. The molecule has 0 spiro atoms. The Hall–Kier alpha value is -1.89. The van der Waals surface area contributed by atoms with Gasteiger partial charge in [0.25, 0.3) is 0 Å². The van der Waals surface area contributed by atoms with Gasteiger partial charge in [-0.05, 0) is 12.1 Å². The van der Waals surface area contributed by atoms with E-state index in [1.54, 1.807) is 13.2 Å². The molecule has 2 aromatic rings. The fraction of sp³-hybridized carbons (Fsp3) is 0.273. The molecule has 2 heterocycles. The van der Waals surface area contributed by atoms with E-state index in [2.05, 4.69) is 10.1 Å². The van der Waals surface area contributed by atoms with Gasteiger partial charge in [-0.1, -0.05) is 0 Å². The van der Waals surface area contributed by atoms with Crippen LogP contribution in [0, 0.1) is 0 Å². The van der Waals surface area contributed by atoms with Crippen molar-refractivity contribution in [2.45, 2.75) is 12.3 Å². The van der Waals surface area contributed by atoms with E-state index in [-0.39, 0.29) is 11.3 Å². The van der Waals surface area contributed by atoms with Gasteiger partial charge in [-0.15, -0.1) is 0 Å². The van der Waals surface area contributed by atoms with Gasteiger partial charge in [-0.25, -0.2) is 0 Å². The molecule has 2 rings (SSSR count). The van der Waals surface area contributed by atoms with E-state index in [1.807, 2.05) is 0 Å². The maximum Gasteiger partial charge on any atom is 0.416 e. The summed E-state index contributed by atoms with van der Waals surface area (Å²) < 4.78 is 39.7. The Labute approximate surface area is 101 Å². The second-order valence-electron chi connectivity index (χ2n) is 3.78. The maximum absolute atomic E-state index is 12.8. The molecule has 0 bridgehead atoms. The van der Waals surface area contributed by atoms with E-state index in [0.29, 0.717) is 0 Å². The first-order valence-corrected chi connectivity index (χ1v) is 5.08. The smallest absolute Gasteiger partial charge is 0.382 e. The zero-order valence-electron chi connectivity index (χ0n) is 9.39. The highest BCUT2D eigenvalue weighted by atomic mass is 19.4. The lowest BCUT2D eigenvalue weighted by atomic mass is 10.0. The molecule has 7 heteroatoms. The van der Waals surface area contributed by atoms with Gasteiger partial charge in [0, 0.05) is 31.2 Å². The number of aliphatic hydroxyl groups excluding tert-OH is 1. The molecule has 0 amide bonds. The van der Waals surface area contributed by atoms with Crippen LogP contribution in [0.4, 0.5) is 13.2 Å². The topological polar surface area (TPSA) is 50.9 Å². The standard InChI is InChI=1S/C11H10F3N3O/c1-17-5-3-9(16-17)10(18)7-6-15-4-2-8(7)11(12,13)14/h2-6,10,18H,1H3. The highest BCUT2D eigenvalue weighted by Crippen LogP contribution is 2.35. The molecular weight excluding hydrogens is 247 g/mol. The van der Waals surface area contributed by atoms with Crippen molar-refractivity contribution >= 4 is 0 Å². The molecule has 96 valence electrons. The number of pyridine rings is 1. The van der Waals surface area contributed by atoms with E-state index in [1.165, 1.54) is 10.7 Å². The summed E-state index contributed by atoms with van der Waals surface area (Å²) >= 11 is 0. The molecule has 0 fully saturated rings. The molecule has 0 saturated carbocycles. The summed E-state index contributed by atoms with van der Waals surface area (Å²) in [6, 6.07) is 2.29. The number of alkyl halides is 3. The Morgan fingerprint density at radius 1 is 1.33 bits per heavy atom. The summed E-state index contributed by atoms with van der Waals surface area (Å²) in [7, 11) is 1.62. The SMILES string of the molecule is Cn1ccc(C(O)c2cnccc2C(F)(F)F)n1. The normalized spacial score (nSPS) is 13.6. The first-order valence-electron chi connectivity index (χ1n) is 5.08. The molecule has 2 aromatic heterocycles. The van der Waals surface area contributed by atoms with Gasteiger partial charge in [0.1, 0.15) is 6.10 Å². The molecular formula is C11H10F3N3O. The van der Waals surface area contributed by atoms with Crippen LogP contribution in [0.5, 0.6) is 0 Å². The Balaban J connectivity index is 2.45. The van der Waals surface area contributed by atoms with Crippen LogP contribution >= 0.6 is 0 Å². The number of hydrogen-bond acceptors (Lipinski definition) is 3. The predicted molar refractivity (Wildman–Crippen MR) is 56.5 cm³/mol. The summed E-state index contributed by atoms with van der Waals surface area (Å²) in [5, 5.41) is 13.8. The minimum absolute atomic E-state index is 0.149. The van der Waals surface area contributed by atoms with Crippen LogP contribution in [0.15, 0.2) is 30.7 Å². The van der Waals surface area contributed by atoms with Gasteiger partial charge in [0.15, 0.2) is 0 Å². The summed E-state index contributed by atoms with van der Waals surface area (Å²) in [6.45, 7) is 0. The zero-order valence-corrected chi connectivity index (χ0v) is 9.39. The first kappa shape index (κ1) is 12.6. The average molecular weight is 257 g/mol. The van der Waals surface area contributed by atoms with Crippen molar-refractivity contribution in [3.8, 4) is 0 Å². The number of rotatable bonds is 2. The van der Waals surface area contributed by atoms with E-state index >= 15 is 0 Å². The van der Waals surface area contributed by atoms with Gasteiger partial charge >= 0.3 is 6.18 Å². The van der Waals surface area contributed by atoms with Crippen LogP contribution in [0.2, 0.25) is 0 Å². The quantitative estimate of drug-likeness (QED) is 0.894. The molecule has 4 nitrogen and oxygen atoms in total. The highest BCUT2D eigenvalue weighted by molar-refractivity contribution is 5.32. The molecule has 18 heavy (non-hydrogen) atoms. The van der Waals surface area contributed by atoms with E-state index in [4.69, 9.17) is 0 Å². The summed E-state index contributed by atoms with van der Waals surface area (Å²) in [5.41, 5.74) is -1.06. The fourth-order valence-corrected chi connectivity index (χ4v) is 1.62. The van der Waals surface area contributed by atoms with E-state index in [9.17, 15) is 18.3 Å². The van der Waals surface area contributed by atoms with Crippen molar-refractivity contribution in [1.82, 2.24) is 14.8 Å². The molecule has 0 saturated heterocycles. The molecule has 0 aliphatic heterocycles. The number of aliphatic hydroxyl groups is 1. The minimum atomic E-state index is -4.53. The molecule has 0 aliphatic rings. The lowest BCUT2D eigenvalue weighted by Crippen LogP contribution is -2.13. The second kappa shape index (κ2) is 4.41. The second-order valence-corrected chi connectivity index (χ2v) is 3.78. The molecule has 0 aromatic carbocycles. The van der Waals surface area contributed by atoms with Crippen molar-refractivity contribution < 1.29 is 18.3 Å². The third-order valence-corrected chi connectivity index (χ3v) is 2.47. The number of halogens is 3. The van der Waals surface area contributed by atoms with Crippen LogP contribution in [-0.4, -0.2) is 19.9 Å². The summed E-state index contributed by atoms with van der Waals surface area (Å²) in [5.74, 6) is 0. The lowest BCUT2D eigenvalue weighted by Gasteiger charge is -2.15. The lowest BCUT2D eigenvalue weighted by molar-refractivity contribution is -0.139. The summed E-state index contributed by atoms with van der Waals surface area (Å²) in [6.07, 6.45) is -2.40. The van der Waals surface area contributed by atoms with Crippen molar-refractivity contribution in [2.24, 2.45) is 7.05 Å². The molecule has 0 radical (unpaired) electrons. The van der Waals surface area contributed by atoms with Crippen LogP contribution in [0.1, 0.15) is 22.9 Å². The number of aryl methyl sites for hydroxylation is 1. The maximum atomic E-state index is 12.8. The van der Waals surface area contributed by atoms with Crippen molar-refractivity contribution in [3.63, 3.8) is 0 Å². The number of nitrogens with zero attached hydrogens (tertiary/aromatic N) is 3. The fourth-order valence-electron chi connectivity index (χ4n) is 1.62. The third kappa shape index (κ3) is 2.35. The molecule has 1 N–H and O–H groups in total. The Morgan fingerprint density at radius 2 is 2.06 bits per heavy atom. The molecule has 0 aliphatic carbocycles. The van der Waals surface area contributed by atoms with E-state index < -0.39 is 17.8 Å². The van der Waals surface area contributed by atoms with Gasteiger partial charge in [0.05, 0.1) is 11.3 Å².